The Bertz CT molecular complexity index is 1110. The number of aryl methyl sites for hydroxylation is 1. The second-order valence-electron chi connectivity index (χ2n) is 9.94. The summed E-state index contributed by atoms with van der Waals surface area (Å²) in [5.74, 6) is 1.62. The quantitative estimate of drug-likeness (QED) is 0.285. The van der Waals surface area contributed by atoms with Crippen molar-refractivity contribution in [3.05, 3.63) is 102 Å². The lowest BCUT2D eigenvalue weighted by Gasteiger charge is -2.07. The predicted molar refractivity (Wildman–Crippen MR) is 149 cm³/mol. The van der Waals surface area contributed by atoms with E-state index in [-0.39, 0.29) is 0 Å². The highest BCUT2D eigenvalue weighted by Crippen LogP contribution is 2.22. The summed E-state index contributed by atoms with van der Waals surface area (Å²) in [5.41, 5.74) is 9.31. The Morgan fingerprint density at radius 2 is 0.914 bits per heavy atom. The van der Waals surface area contributed by atoms with Gasteiger partial charge in [0.25, 0.3) is 0 Å². The lowest BCUT2D eigenvalue weighted by molar-refractivity contribution is 0.855. The van der Waals surface area contributed by atoms with Crippen LogP contribution in [-0.2, 0) is 6.42 Å². The minimum absolute atomic E-state index is 0.517. The molecule has 3 nitrogen and oxygen atoms in total. The first-order chi connectivity index (χ1) is 16.8. The molecule has 0 unspecified atom stereocenters. The van der Waals surface area contributed by atoms with Gasteiger partial charge >= 0.3 is 0 Å². The normalized spacial score (nSPS) is 11.0. The third-order valence-corrected chi connectivity index (χ3v) is 6.27. The standard InChI is InChI=1S/C16H20N2.C16H19N/c1-11(2)13-5-7-15(17-9-13)16-8-6-14(10-18-16)12(3)4;1-4-13-5-10-16(17-11-13)15-8-6-14(7-9-15)12(2)3/h5-12H,1-4H3;5-12H,4H2,1-3H3. The van der Waals surface area contributed by atoms with Gasteiger partial charge in [-0.05, 0) is 64.6 Å². The molecule has 4 aromatic rings. The lowest BCUT2D eigenvalue weighted by atomic mass is 10.0. The van der Waals surface area contributed by atoms with Crippen LogP contribution in [0.3, 0.4) is 0 Å². The van der Waals surface area contributed by atoms with Crippen LogP contribution in [-0.4, -0.2) is 15.0 Å². The summed E-state index contributed by atoms with van der Waals surface area (Å²) in [6.07, 6.45) is 6.89. The van der Waals surface area contributed by atoms with Crippen LogP contribution in [0.15, 0.2) is 79.3 Å². The second-order valence-corrected chi connectivity index (χ2v) is 9.94. The molecular weight excluding hydrogens is 426 g/mol. The molecular formula is C32H39N3. The number of nitrogens with zero attached hydrogens (tertiary/aromatic N) is 3. The molecule has 0 fully saturated rings. The van der Waals surface area contributed by atoms with Crippen LogP contribution in [0.2, 0.25) is 0 Å². The fourth-order valence-electron chi connectivity index (χ4n) is 3.64. The third kappa shape index (κ3) is 7.32. The molecule has 0 atom stereocenters. The summed E-state index contributed by atoms with van der Waals surface area (Å²) >= 11 is 0. The number of rotatable bonds is 6. The zero-order valence-electron chi connectivity index (χ0n) is 22.3. The van der Waals surface area contributed by atoms with E-state index < -0.39 is 0 Å². The Labute approximate surface area is 211 Å². The van der Waals surface area contributed by atoms with Crippen molar-refractivity contribution < 1.29 is 0 Å². The fraction of sp³-hybridized carbons (Fsp3) is 0.344. The van der Waals surface area contributed by atoms with Gasteiger partial charge in [0, 0.05) is 24.2 Å². The molecule has 1 aromatic carbocycles. The van der Waals surface area contributed by atoms with Crippen molar-refractivity contribution in [1.82, 2.24) is 15.0 Å². The summed E-state index contributed by atoms with van der Waals surface area (Å²) in [6, 6.07) is 21.3. The fourth-order valence-corrected chi connectivity index (χ4v) is 3.64. The monoisotopic (exact) mass is 465 g/mol. The van der Waals surface area contributed by atoms with Gasteiger partial charge in [-0.1, -0.05) is 90.9 Å². The molecule has 0 N–H and O–H groups in total. The molecule has 3 aromatic heterocycles. The van der Waals surface area contributed by atoms with E-state index >= 15 is 0 Å². The zero-order chi connectivity index (χ0) is 25.4. The van der Waals surface area contributed by atoms with E-state index in [1.807, 2.05) is 30.7 Å². The minimum atomic E-state index is 0.517. The molecule has 182 valence electrons. The van der Waals surface area contributed by atoms with Gasteiger partial charge in [0.1, 0.15) is 0 Å². The third-order valence-electron chi connectivity index (χ3n) is 6.27. The van der Waals surface area contributed by atoms with Gasteiger partial charge < -0.3 is 0 Å². The largest absolute Gasteiger partial charge is 0.256 e. The lowest BCUT2D eigenvalue weighted by Crippen LogP contribution is -1.93. The number of hydrogen-bond acceptors (Lipinski definition) is 3. The maximum Gasteiger partial charge on any atom is 0.0886 e. The van der Waals surface area contributed by atoms with E-state index in [2.05, 4.69) is 112 Å². The van der Waals surface area contributed by atoms with Crippen molar-refractivity contribution in [2.45, 2.75) is 72.6 Å². The Kier molecular flexibility index (Phi) is 9.31. The molecule has 0 amide bonds. The summed E-state index contributed by atoms with van der Waals surface area (Å²) in [7, 11) is 0. The summed E-state index contributed by atoms with van der Waals surface area (Å²) in [6.45, 7) is 15.3. The molecule has 0 spiro atoms. The SMILES string of the molecule is CC(C)c1ccc(-c2ccc(C(C)C)cn2)nc1.CCc1ccc(-c2ccc(C(C)C)cc2)nc1. The first-order valence-electron chi connectivity index (χ1n) is 12.8. The predicted octanol–water partition coefficient (Wildman–Crippen LogP) is 8.82. The topological polar surface area (TPSA) is 38.7 Å². The van der Waals surface area contributed by atoms with E-state index in [0.717, 1.165) is 23.5 Å². The average molecular weight is 466 g/mol. The van der Waals surface area contributed by atoms with Gasteiger partial charge in [0.2, 0.25) is 0 Å². The first-order valence-corrected chi connectivity index (χ1v) is 12.8. The highest BCUT2D eigenvalue weighted by Gasteiger charge is 2.05. The van der Waals surface area contributed by atoms with Gasteiger partial charge in [-0.25, -0.2) is 0 Å². The van der Waals surface area contributed by atoms with E-state index in [1.54, 1.807) is 0 Å². The minimum Gasteiger partial charge on any atom is -0.256 e. The smallest absolute Gasteiger partial charge is 0.0886 e. The van der Waals surface area contributed by atoms with Crippen LogP contribution in [0.1, 0.15) is 88.5 Å². The van der Waals surface area contributed by atoms with Crippen molar-refractivity contribution in [2.75, 3.05) is 0 Å². The molecule has 0 saturated carbocycles. The van der Waals surface area contributed by atoms with Crippen LogP contribution in [0, 0.1) is 0 Å². The van der Waals surface area contributed by atoms with Crippen molar-refractivity contribution in [1.29, 1.82) is 0 Å². The zero-order valence-corrected chi connectivity index (χ0v) is 22.3. The molecule has 3 heterocycles. The molecule has 0 aliphatic heterocycles. The van der Waals surface area contributed by atoms with Crippen molar-refractivity contribution in [2.24, 2.45) is 0 Å². The highest BCUT2D eigenvalue weighted by molar-refractivity contribution is 5.59. The van der Waals surface area contributed by atoms with Crippen LogP contribution >= 0.6 is 0 Å². The Balaban J connectivity index is 0.000000196. The van der Waals surface area contributed by atoms with Crippen LogP contribution < -0.4 is 0 Å². The van der Waals surface area contributed by atoms with Crippen molar-refractivity contribution >= 4 is 0 Å². The molecule has 0 aliphatic carbocycles. The van der Waals surface area contributed by atoms with Crippen molar-refractivity contribution in [3.63, 3.8) is 0 Å². The summed E-state index contributed by atoms with van der Waals surface area (Å²) in [5, 5.41) is 0. The number of aromatic nitrogens is 3. The van der Waals surface area contributed by atoms with E-state index in [4.69, 9.17) is 0 Å². The Morgan fingerprint density at radius 1 is 0.486 bits per heavy atom. The highest BCUT2D eigenvalue weighted by atomic mass is 14.8. The maximum absolute atomic E-state index is 4.49. The van der Waals surface area contributed by atoms with Crippen LogP contribution in [0.25, 0.3) is 22.6 Å². The van der Waals surface area contributed by atoms with Gasteiger partial charge in [0.15, 0.2) is 0 Å². The van der Waals surface area contributed by atoms with E-state index in [9.17, 15) is 0 Å². The number of pyridine rings is 3. The van der Waals surface area contributed by atoms with E-state index in [1.165, 1.54) is 27.8 Å². The molecule has 0 bridgehead atoms. The Morgan fingerprint density at radius 3 is 1.26 bits per heavy atom. The number of benzene rings is 1. The molecule has 35 heavy (non-hydrogen) atoms. The summed E-state index contributed by atoms with van der Waals surface area (Å²) < 4.78 is 0. The second kappa shape index (κ2) is 12.4. The molecule has 0 radical (unpaired) electrons. The Hall–Kier alpha value is -3.33. The summed E-state index contributed by atoms with van der Waals surface area (Å²) in [4.78, 5) is 13.5. The molecule has 0 saturated heterocycles. The first kappa shape index (κ1) is 26.3. The van der Waals surface area contributed by atoms with Gasteiger partial charge in [-0.15, -0.1) is 0 Å². The molecule has 3 heteroatoms. The maximum atomic E-state index is 4.49. The average Bonchev–Trinajstić information content (AvgIpc) is 2.89. The number of hydrogen-bond donors (Lipinski definition) is 0. The van der Waals surface area contributed by atoms with Crippen LogP contribution in [0.4, 0.5) is 0 Å². The van der Waals surface area contributed by atoms with E-state index in [0.29, 0.717) is 17.8 Å². The molecule has 0 aliphatic rings. The van der Waals surface area contributed by atoms with Crippen LogP contribution in [0.5, 0.6) is 0 Å². The van der Waals surface area contributed by atoms with Gasteiger partial charge in [0.05, 0.1) is 17.1 Å². The van der Waals surface area contributed by atoms with Gasteiger partial charge in [-0.3, -0.25) is 15.0 Å². The van der Waals surface area contributed by atoms with Crippen molar-refractivity contribution in [3.8, 4) is 22.6 Å². The van der Waals surface area contributed by atoms with Gasteiger partial charge in [-0.2, -0.15) is 0 Å². The molecule has 4 rings (SSSR count).